The van der Waals surface area contributed by atoms with Crippen molar-refractivity contribution in [2.75, 3.05) is 92.0 Å². The zero-order chi connectivity index (χ0) is 46.3. The number of pyridine rings is 2. The van der Waals surface area contributed by atoms with Gasteiger partial charge in [0.25, 0.3) is 17.7 Å². The molecule has 5 amide bonds. The second kappa shape index (κ2) is 18.2. The summed E-state index contributed by atoms with van der Waals surface area (Å²) >= 11 is 0. The van der Waals surface area contributed by atoms with Gasteiger partial charge in [0.1, 0.15) is 17.9 Å². The molecule has 1 atom stereocenters. The number of halogens is 4. The molecule has 8 heterocycles. The smallest absolute Gasteiger partial charge is 0.371 e. The minimum absolute atomic E-state index is 0.0113. The van der Waals surface area contributed by atoms with Gasteiger partial charge in [-0.1, -0.05) is 0 Å². The first-order valence-electron chi connectivity index (χ1n) is 22.7. The highest BCUT2D eigenvalue weighted by Gasteiger charge is 2.46. The van der Waals surface area contributed by atoms with Crippen molar-refractivity contribution in [1.29, 1.82) is 5.26 Å². The molecule has 2 aromatic heterocycles. The van der Waals surface area contributed by atoms with Gasteiger partial charge in [-0.2, -0.15) is 18.4 Å². The molecule has 5 fully saturated rings. The topological polar surface area (TPSA) is 178 Å². The van der Waals surface area contributed by atoms with E-state index in [0.29, 0.717) is 17.5 Å². The van der Waals surface area contributed by atoms with E-state index in [0.717, 1.165) is 113 Å². The number of piperidine rings is 4. The van der Waals surface area contributed by atoms with Crippen molar-refractivity contribution in [3.63, 3.8) is 0 Å². The van der Waals surface area contributed by atoms with Gasteiger partial charge in [-0.15, -0.1) is 0 Å². The number of anilines is 4. The van der Waals surface area contributed by atoms with Gasteiger partial charge in [-0.3, -0.25) is 39.1 Å². The molecule has 1 aromatic carbocycles. The molecule has 0 spiro atoms. The Hall–Kier alpha value is -6.20. The van der Waals surface area contributed by atoms with Crippen molar-refractivity contribution in [1.82, 2.24) is 30.0 Å². The van der Waals surface area contributed by atoms with Crippen LogP contribution in [-0.2, 0) is 20.6 Å². The molecule has 3 aromatic rings. The molecule has 5 saturated heterocycles. The molecule has 6 aliphatic rings. The van der Waals surface area contributed by atoms with Gasteiger partial charge in [0.05, 0.1) is 40.5 Å². The number of nitrogens with zero attached hydrogens (tertiary/aromatic N) is 9. The number of fused-ring (bicyclic) bond motifs is 1. The highest BCUT2D eigenvalue weighted by Crippen LogP contribution is 2.37. The Kier molecular flexibility index (Phi) is 12.4. The fraction of sp³-hybridized carbons (Fsp3) is 0.522. The maximum absolute atomic E-state index is 15.8. The van der Waals surface area contributed by atoms with Gasteiger partial charge in [-0.25, -0.2) is 14.4 Å². The predicted molar refractivity (Wildman–Crippen MR) is 233 cm³/mol. The number of nitrogens with one attached hydrogen (secondary N) is 2. The minimum atomic E-state index is -4.77. The van der Waals surface area contributed by atoms with E-state index >= 15 is 4.39 Å². The summed E-state index contributed by atoms with van der Waals surface area (Å²) < 4.78 is 56.2. The SMILES string of the molecule is N#Cc1ncc(N2CCC(F)(C(=O)Nc3ccc(N4CCC(CN5CCN(C6CCN(c7ccc8c(c7)C(=O)N(C7CCC(=O)NC7=O)C8=O)CC6)CC5)CC4)cn3)CC2)cc1C(F)(F)F. The molecule has 2 N–H and O–H groups in total. The molecule has 16 nitrogen and oxygen atoms in total. The van der Waals surface area contributed by atoms with Crippen molar-refractivity contribution in [3.8, 4) is 6.07 Å². The number of carbonyl (C=O) groups is 5. The Morgan fingerprint density at radius 2 is 1.41 bits per heavy atom. The van der Waals surface area contributed by atoms with Crippen molar-refractivity contribution in [2.45, 2.75) is 75.3 Å². The Labute approximate surface area is 378 Å². The van der Waals surface area contributed by atoms with Gasteiger partial charge in [0.2, 0.25) is 11.8 Å². The molecule has 0 aliphatic carbocycles. The summed E-state index contributed by atoms with van der Waals surface area (Å²) in [5, 5.41) is 13.9. The zero-order valence-corrected chi connectivity index (χ0v) is 36.4. The third-order valence-electron chi connectivity index (χ3n) is 14.3. The van der Waals surface area contributed by atoms with Crippen LogP contribution in [0.5, 0.6) is 0 Å². The van der Waals surface area contributed by atoms with E-state index in [4.69, 9.17) is 5.26 Å². The standard InChI is InChI=1S/C46H51F4N11O5/c47-45(11-17-59(18-12-45)33-24-36(46(48,49)50)37(25-51)52-27-33)44(66)54-39-5-2-32(26-53-39)58-13-7-29(8-14-58)28-56-19-21-60(22-20-56)30-9-15-57(16-10-30)31-1-3-34-35(23-31)43(65)61(42(34)64)38-4-6-40(62)55-41(38)63/h1-3,5,23-24,26-27,29-30,38H,4,6-22,28H2,(H,53,54,66)(H,55,62,63). The summed E-state index contributed by atoms with van der Waals surface area (Å²) in [6.07, 6.45) is 1.83. The lowest BCUT2D eigenvalue weighted by atomic mass is 9.92. The number of hydrogen-bond acceptors (Lipinski definition) is 13. The number of carbonyl (C=O) groups excluding carboxylic acids is 5. The molecule has 1 unspecified atom stereocenters. The molecule has 9 rings (SSSR count). The number of rotatable bonds is 9. The Morgan fingerprint density at radius 1 is 0.773 bits per heavy atom. The van der Waals surface area contributed by atoms with E-state index < -0.39 is 58.7 Å². The maximum Gasteiger partial charge on any atom is 0.419 e. The second-order valence-corrected chi connectivity index (χ2v) is 18.2. The van der Waals surface area contributed by atoms with Crippen LogP contribution in [-0.4, -0.2) is 144 Å². The molecule has 348 valence electrons. The lowest BCUT2D eigenvalue weighted by Gasteiger charge is -2.44. The number of aromatic nitrogens is 2. The highest BCUT2D eigenvalue weighted by molar-refractivity contribution is 6.23. The first-order valence-corrected chi connectivity index (χ1v) is 22.7. The Balaban J connectivity index is 0.682. The largest absolute Gasteiger partial charge is 0.419 e. The van der Waals surface area contributed by atoms with Crippen LogP contribution in [0.1, 0.15) is 83.3 Å². The fourth-order valence-electron chi connectivity index (χ4n) is 10.3. The van der Waals surface area contributed by atoms with Crippen LogP contribution < -0.4 is 25.3 Å². The third-order valence-corrected chi connectivity index (χ3v) is 14.3. The number of alkyl halides is 4. The van der Waals surface area contributed by atoms with Crippen LogP contribution >= 0.6 is 0 Å². The van der Waals surface area contributed by atoms with E-state index in [-0.39, 0.29) is 55.8 Å². The van der Waals surface area contributed by atoms with Crippen LogP contribution in [0, 0.1) is 17.2 Å². The molecule has 20 heteroatoms. The van der Waals surface area contributed by atoms with E-state index in [1.165, 1.54) is 11.0 Å². The van der Waals surface area contributed by atoms with Crippen LogP contribution in [0.15, 0.2) is 48.8 Å². The normalized spacial score (nSPS) is 22.6. The lowest BCUT2D eigenvalue weighted by Crippen LogP contribution is -2.54. The first-order chi connectivity index (χ1) is 31.7. The molecular formula is C46H51F4N11O5. The highest BCUT2D eigenvalue weighted by atomic mass is 19.4. The van der Waals surface area contributed by atoms with Crippen molar-refractivity contribution < 1.29 is 41.5 Å². The molecule has 6 aliphatic heterocycles. The molecule has 0 radical (unpaired) electrons. The third kappa shape index (κ3) is 9.14. The Bertz CT molecular complexity index is 2420. The Morgan fingerprint density at radius 3 is 2.06 bits per heavy atom. The van der Waals surface area contributed by atoms with Crippen LogP contribution in [0.25, 0.3) is 0 Å². The zero-order valence-electron chi connectivity index (χ0n) is 36.4. The summed E-state index contributed by atoms with van der Waals surface area (Å²) in [6.45, 7) is 8.46. The summed E-state index contributed by atoms with van der Waals surface area (Å²) in [5.41, 5.74) is -1.63. The van der Waals surface area contributed by atoms with Crippen LogP contribution in [0.3, 0.4) is 0 Å². The summed E-state index contributed by atoms with van der Waals surface area (Å²) in [5.74, 6) is -2.08. The second-order valence-electron chi connectivity index (χ2n) is 18.2. The van der Waals surface area contributed by atoms with E-state index in [9.17, 15) is 37.1 Å². The molecule has 0 bridgehead atoms. The minimum Gasteiger partial charge on any atom is -0.371 e. The number of benzene rings is 1. The fourth-order valence-corrected chi connectivity index (χ4v) is 10.3. The molecule has 66 heavy (non-hydrogen) atoms. The monoisotopic (exact) mass is 913 g/mol. The van der Waals surface area contributed by atoms with Gasteiger partial charge >= 0.3 is 6.18 Å². The number of imide groups is 2. The molecule has 0 saturated carbocycles. The molecular weight excluding hydrogens is 863 g/mol. The van der Waals surface area contributed by atoms with Crippen molar-refractivity contribution in [2.24, 2.45) is 5.92 Å². The average molecular weight is 914 g/mol. The van der Waals surface area contributed by atoms with Crippen LogP contribution in [0.2, 0.25) is 0 Å². The van der Waals surface area contributed by atoms with Gasteiger partial charge in [0, 0.05) is 103 Å². The summed E-state index contributed by atoms with van der Waals surface area (Å²) in [7, 11) is 0. The van der Waals surface area contributed by atoms with E-state index in [1.807, 2.05) is 12.1 Å². The number of piperazine rings is 1. The number of amides is 5. The quantitative estimate of drug-likeness (QED) is 0.231. The van der Waals surface area contributed by atoms with Gasteiger partial charge in [0.15, 0.2) is 11.4 Å². The lowest BCUT2D eigenvalue weighted by molar-refractivity contribution is -0.138. The first kappa shape index (κ1) is 45.0. The van der Waals surface area contributed by atoms with Gasteiger partial charge < -0.3 is 24.9 Å². The van der Waals surface area contributed by atoms with Gasteiger partial charge in [-0.05, 0) is 74.4 Å². The van der Waals surface area contributed by atoms with Crippen molar-refractivity contribution >= 4 is 52.4 Å². The van der Waals surface area contributed by atoms with Crippen molar-refractivity contribution in [3.05, 3.63) is 71.2 Å². The van der Waals surface area contributed by atoms with Crippen LogP contribution in [0.4, 0.5) is 40.4 Å². The number of hydrogen-bond donors (Lipinski definition) is 2. The average Bonchev–Trinajstić information content (AvgIpc) is 3.57. The number of nitriles is 1. The maximum atomic E-state index is 15.8. The summed E-state index contributed by atoms with van der Waals surface area (Å²) in [4.78, 5) is 83.9. The van der Waals surface area contributed by atoms with E-state index in [2.05, 4.69) is 40.2 Å². The summed E-state index contributed by atoms with van der Waals surface area (Å²) in [6, 6.07) is 10.6. The van der Waals surface area contributed by atoms with E-state index in [1.54, 1.807) is 24.4 Å². The predicted octanol–water partition coefficient (Wildman–Crippen LogP) is 4.22.